The number of nitrogens with zero attached hydrogens (tertiary/aromatic N) is 1. The summed E-state index contributed by atoms with van der Waals surface area (Å²) in [5.74, 6) is -1.06. The van der Waals surface area contributed by atoms with Gasteiger partial charge in [-0.25, -0.2) is 0 Å². The molecule has 0 amide bonds. The summed E-state index contributed by atoms with van der Waals surface area (Å²) in [5.41, 5.74) is 0.993. The highest BCUT2D eigenvalue weighted by Crippen LogP contribution is 2.35. The van der Waals surface area contributed by atoms with Gasteiger partial charge >= 0.3 is 5.97 Å². The van der Waals surface area contributed by atoms with Crippen LogP contribution in [0.4, 0.5) is 0 Å². The minimum atomic E-state index is -0.721. The number of piperidine rings is 1. The molecule has 1 aliphatic rings. The molecule has 1 N–H and O–H groups in total. The third-order valence-electron chi connectivity index (χ3n) is 3.39. The van der Waals surface area contributed by atoms with E-state index in [1.165, 1.54) is 0 Å². The molecule has 2 rings (SSSR count). The average Bonchev–Trinajstić information content (AvgIpc) is 2.28. The zero-order valence-electron chi connectivity index (χ0n) is 9.77. The lowest BCUT2D eigenvalue weighted by Gasteiger charge is -2.37. The lowest BCUT2D eigenvalue weighted by molar-refractivity contribution is -0.145. The predicted molar refractivity (Wildman–Crippen MR) is 67.2 cm³/mol. The van der Waals surface area contributed by atoms with Crippen LogP contribution < -0.4 is 0 Å². The van der Waals surface area contributed by atoms with Crippen molar-refractivity contribution in [3.05, 3.63) is 34.9 Å². The maximum atomic E-state index is 11.3. The van der Waals surface area contributed by atoms with Gasteiger partial charge in [0, 0.05) is 11.1 Å². The van der Waals surface area contributed by atoms with Crippen molar-refractivity contribution in [2.45, 2.75) is 18.9 Å². The van der Waals surface area contributed by atoms with Crippen LogP contribution in [-0.2, 0) is 4.79 Å². The highest BCUT2D eigenvalue weighted by molar-refractivity contribution is 6.30. The van der Waals surface area contributed by atoms with Gasteiger partial charge < -0.3 is 5.11 Å². The van der Waals surface area contributed by atoms with E-state index in [-0.39, 0.29) is 12.0 Å². The molecule has 2 atom stereocenters. The maximum Gasteiger partial charge on any atom is 0.308 e. The Morgan fingerprint density at radius 2 is 2.29 bits per heavy atom. The molecule has 0 unspecified atom stereocenters. The Kier molecular flexibility index (Phi) is 3.69. The molecule has 1 aliphatic heterocycles. The fourth-order valence-corrected chi connectivity index (χ4v) is 2.80. The molecular weight excluding hydrogens is 238 g/mol. The molecule has 1 fully saturated rings. The Hall–Kier alpha value is -1.06. The van der Waals surface area contributed by atoms with E-state index in [0.29, 0.717) is 5.02 Å². The number of carbonyl (C=O) groups is 1. The average molecular weight is 254 g/mol. The number of benzene rings is 1. The molecule has 0 saturated carbocycles. The van der Waals surface area contributed by atoms with E-state index in [9.17, 15) is 9.90 Å². The predicted octanol–water partition coefficient (Wildman–Crippen LogP) is 2.81. The van der Waals surface area contributed by atoms with Gasteiger partial charge in [0.05, 0.1) is 5.92 Å². The molecule has 0 radical (unpaired) electrons. The van der Waals surface area contributed by atoms with Crippen LogP contribution in [0.25, 0.3) is 0 Å². The van der Waals surface area contributed by atoms with Gasteiger partial charge in [-0.3, -0.25) is 9.69 Å². The molecule has 0 aromatic heterocycles. The molecule has 1 aromatic carbocycles. The van der Waals surface area contributed by atoms with Crippen LogP contribution in [0.15, 0.2) is 24.3 Å². The van der Waals surface area contributed by atoms with Gasteiger partial charge in [-0.15, -0.1) is 0 Å². The van der Waals surface area contributed by atoms with Crippen LogP contribution in [0.3, 0.4) is 0 Å². The fourth-order valence-electron chi connectivity index (χ4n) is 2.60. The summed E-state index contributed by atoms with van der Waals surface area (Å²) >= 11 is 5.97. The molecule has 3 nitrogen and oxygen atoms in total. The van der Waals surface area contributed by atoms with Crippen LogP contribution in [0.1, 0.15) is 24.4 Å². The van der Waals surface area contributed by atoms with Crippen molar-refractivity contribution in [3.63, 3.8) is 0 Å². The largest absolute Gasteiger partial charge is 0.481 e. The lowest BCUT2D eigenvalue weighted by Crippen LogP contribution is -2.39. The standard InChI is InChI=1S/C13H16ClNO2/c1-15-7-3-6-11(13(16)17)12(15)9-4-2-5-10(14)8-9/h2,4-5,8,11-12H,3,6-7H2,1H3,(H,16,17)/t11-,12-/m0/s1. The van der Waals surface area contributed by atoms with Crippen LogP contribution in [0.2, 0.25) is 5.02 Å². The van der Waals surface area contributed by atoms with Crippen LogP contribution >= 0.6 is 11.6 Å². The molecule has 17 heavy (non-hydrogen) atoms. The second-order valence-corrected chi connectivity index (χ2v) is 5.00. The highest BCUT2D eigenvalue weighted by atomic mass is 35.5. The lowest BCUT2D eigenvalue weighted by atomic mass is 9.85. The summed E-state index contributed by atoms with van der Waals surface area (Å²) in [6.45, 7) is 0.932. The Morgan fingerprint density at radius 3 is 2.94 bits per heavy atom. The van der Waals surface area contributed by atoms with Gasteiger partial charge in [-0.1, -0.05) is 23.7 Å². The molecule has 4 heteroatoms. The SMILES string of the molecule is CN1CCC[C@H](C(=O)O)[C@@H]1c1cccc(Cl)c1. The molecule has 0 aliphatic carbocycles. The van der Waals surface area contributed by atoms with Gasteiger partial charge in [0.1, 0.15) is 0 Å². The number of hydrogen-bond donors (Lipinski definition) is 1. The summed E-state index contributed by atoms with van der Waals surface area (Å²) in [6.07, 6.45) is 1.67. The zero-order chi connectivity index (χ0) is 12.4. The van der Waals surface area contributed by atoms with E-state index < -0.39 is 5.97 Å². The second kappa shape index (κ2) is 5.07. The Bertz CT molecular complexity index is 422. The van der Waals surface area contributed by atoms with Gasteiger partial charge in [-0.2, -0.15) is 0 Å². The normalized spacial score (nSPS) is 25.8. The third kappa shape index (κ3) is 2.61. The zero-order valence-corrected chi connectivity index (χ0v) is 10.5. The number of carboxylic acids is 1. The topological polar surface area (TPSA) is 40.5 Å². The van der Waals surface area contributed by atoms with Crippen molar-refractivity contribution in [2.75, 3.05) is 13.6 Å². The van der Waals surface area contributed by atoms with E-state index in [0.717, 1.165) is 24.9 Å². The molecule has 1 saturated heterocycles. The fraction of sp³-hybridized carbons (Fsp3) is 0.462. The van der Waals surface area contributed by atoms with Crippen molar-refractivity contribution in [1.82, 2.24) is 4.90 Å². The monoisotopic (exact) mass is 253 g/mol. The smallest absolute Gasteiger partial charge is 0.308 e. The summed E-state index contributed by atoms with van der Waals surface area (Å²) in [6, 6.07) is 7.43. The first-order valence-electron chi connectivity index (χ1n) is 5.78. The number of halogens is 1. The van der Waals surface area contributed by atoms with E-state index in [2.05, 4.69) is 4.90 Å². The number of aliphatic carboxylic acids is 1. The molecule has 1 heterocycles. The van der Waals surface area contributed by atoms with Gasteiger partial charge in [-0.05, 0) is 44.1 Å². The van der Waals surface area contributed by atoms with Crippen LogP contribution in [0, 0.1) is 5.92 Å². The minimum Gasteiger partial charge on any atom is -0.481 e. The molecular formula is C13H16ClNO2. The Balaban J connectivity index is 2.34. The summed E-state index contributed by atoms with van der Waals surface area (Å²) < 4.78 is 0. The summed E-state index contributed by atoms with van der Waals surface area (Å²) in [4.78, 5) is 13.4. The van der Waals surface area contributed by atoms with Crippen LogP contribution in [-0.4, -0.2) is 29.6 Å². The van der Waals surface area contributed by atoms with Crippen molar-refractivity contribution >= 4 is 17.6 Å². The summed E-state index contributed by atoms with van der Waals surface area (Å²) in [7, 11) is 1.97. The third-order valence-corrected chi connectivity index (χ3v) is 3.62. The maximum absolute atomic E-state index is 11.3. The van der Waals surface area contributed by atoms with E-state index in [4.69, 9.17) is 11.6 Å². The van der Waals surface area contributed by atoms with Crippen molar-refractivity contribution < 1.29 is 9.90 Å². The number of hydrogen-bond acceptors (Lipinski definition) is 2. The van der Waals surface area contributed by atoms with Crippen molar-refractivity contribution in [1.29, 1.82) is 0 Å². The molecule has 92 valence electrons. The highest BCUT2D eigenvalue weighted by Gasteiger charge is 2.35. The molecule has 0 spiro atoms. The van der Waals surface area contributed by atoms with Crippen molar-refractivity contribution in [3.8, 4) is 0 Å². The van der Waals surface area contributed by atoms with Crippen molar-refractivity contribution in [2.24, 2.45) is 5.92 Å². The van der Waals surface area contributed by atoms with Gasteiger partial charge in [0.25, 0.3) is 0 Å². The number of likely N-dealkylation sites (tertiary alicyclic amines) is 1. The van der Waals surface area contributed by atoms with Gasteiger partial charge in [0.15, 0.2) is 0 Å². The quantitative estimate of drug-likeness (QED) is 0.881. The van der Waals surface area contributed by atoms with E-state index >= 15 is 0 Å². The minimum absolute atomic E-state index is 0.0695. The first-order valence-corrected chi connectivity index (χ1v) is 6.16. The van der Waals surface area contributed by atoms with E-state index in [1.807, 2.05) is 31.3 Å². The number of carboxylic acid groups (broad SMARTS) is 1. The van der Waals surface area contributed by atoms with Gasteiger partial charge in [0.2, 0.25) is 0 Å². The molecule has 0 bridgehead atoms. The first-order chi connectivity index (χ1) is 8.09. The first kappa shape index (κ1) is 12.4. The number of rotatable bonds is 2. The summed E-state index contributed by atoms with van der Waals surface area (Å²) in [5, 5.41) is 9.96. The van der Waals surface area contributed by atoms with Crippen LogP contribution in [0.5, 0.6) is 0 Å². The van der Waals surface area contributed by atoms with E-state index in [1.54, 1.807) is 0 Å². The second-order valence-electron chi connectivity index (χ2n) is 4.57. The Labute approximate surface area is 106 Å². The molecule has 1 aromatic rings. The Morgan fingerprint density at radius 1 is 1.53 bits per heavy atom.